The number of nitro benzene ring substituents is 1. The highest BCUT2D eigenvalue weighted by atomic mass is 32.1. The van der Waals surface area contributed by atoms with Crippen molar-refractivity contribution in [3.63, 3.8) is 0 Å². The molecule has 2 heterocycles. The third-order valence-corrected chi connectivity index (χ3v) is 6.97. The third kappa shape index (κ3) is 3.11. The van der Waals surface area contributed by atoms with Gasteiger partial charge in [0.25, 0.3) is 11.6 Å². The van der Waals surface area contributed by atoms with Gasteiger partial charge in [-0.2, -0.15) is 0 Å². The van der Waals surface area contributed by atoms with E-state index in [1.807, 2.05) is 0 Å². The summed E-state index contributed by atoms with van der Waals surface area (Å²) < 4.78 is 0. The van der Waals surface area contributed by atoms with Gasteiger partial charge in [-0.3, -0.25) is 14.9 Å². The van der Waals surface area contributed by atoms with Crippen LogP contribution in [0.1, 0.15) is 59.7 Å². The second-order valence-corrected chi connectivity index (χ2v) is 9.65. The molecule has 4 rings (SSSR count). The molecule has 148 valence electrons. The fourth-order valence-electron chi connectivity index (χ4n) is 4.06. The Bertz CT molecular complexity index is 977. The van der Waals surface area contributed by atoms with Gasteiger partial charge in [-0.15, -0.1) is 11.3 Å². The largest absolute Gasteiger partial charge is 0.868 e. The van der Waals surface area contributed by atoms with Gasteiger partial charge in [-0.05, 0) is 41.9 Å². The number of thiophene rings is 1. The van der Waals surface area contributed by atoms with Crippen molar-refractivity contribution >= 4 is 27.9 Å². The second kappa shape index (κ2) is 6.48. The molecule has 1 aliphatic heterocycles. The van der Waals surface area contributed by atoms with E-state index in [2.05, 4.69) is 31.4 Å². The minimum atomic E-state index is -0.696. The normalized spacial score (nSPS) is 21.3. The monoisotopic (exact) mass is 400 g/mol. The Morgan fingerprint density at radius 2 is 2.00 bits per heavy atom. The van der Waals surface area contributed by atoms with Crippen LogP contribution in [0.25, 0.3) is 0 Å². The van der Waals surface area contributed by atoms with Gasteiger partial charge in [-0.1, -0.05) is 32.9 Å². The predicted molar refractivity (Wildman–Crippen MR) is 106 cm³/mol. The Labute approximate surface area is 166 Å². The molecule has 0 saturated carbocycles. The maximum atomic E-state index is 12.8. The van der Waals surface area contributed by atoms with Crippen molar-refractivity contribution < 1.29 is 14.8 Å². The molecule has 0 radical (unpaired) electrons. The summed E-state index contributed by atoms with van der Waals surface area (Å²) in [5, 5.41) is 29.7. The molecule has 2 atom stereocenters. The summed E-state index contributed by atoms with van der Waals surface area (Å²) in [4.78, 5) is 24.4. The number of nitro groups is 1. The molecule has 0 saturated heterocycles. The van der Waals surface area contributed by atoms with E-state index >= 15 is 0 Å². The molecule has 28 heavy (non-hydrogen) atoms. The van der Waals surface area contributed by atoms with Crippen LogP contribution in [0, 0.1) is 21.4 Å². The van der Waals surface area contributed by atoms with Gasteiger partial charge < -0.3 is 15.7 Å². The summed E-state index contributed by atoms with van der Waals surface area (Å²) in [5.74, 6) is -0.234. The Kier molecular flexibility index (Phi) is 4.33. The zero-order valence-electron chi connectivity index (χ0n) is 16.0. The number of benzene rings is 1. The van der Waals surface area contributed by atoms with Crippen molar-refractivity contribution in [3.05, 3.63) is 49.9 Å². The number of hydrogen-bond acceptors (Lipinski definition) is 6. The highest BCUT2D eigenvalue weighted by Gasteiger charge is 2.36. The fourth-order valence-corrected chi connectivity index (χ4v) is 5.41. The number of nitrogens with one attached hydrogen (secondary N) is 2. The number of carbonyl (C=O) groups excluding carboxylic acids is 1. The van der Waals surface area contributed by atoms with Gasteiger partial charge >= 0.3 is 0 Å². The van der Waals surface area contributed by atoms with E-state index in [1.54, 1.807) is 11.3 Å². The van der Waals surface area contributed by atoms with E-state index in [0.29, 0.717) is 17.0 Å². The molecule has 0 fully saturated rings. The summed E-state index contributed by atoms with van der Waals surface area (Å²) in [5.41, 5.74) is 2.06. The number of anilines is 1. The summed E-state index contributed by atoms with van der Waals surface area (Å²) >= 11 is 1.61. The Morgan fingerprint density at radius 3 is 2.68 bits per heavy atom. The van der Waals surface area contributed by atoms with E-state index in [0.717, 1.165) is 29.8 Å². The van der Waals surface area contributed by atoms with Crippen molar-refractivity contribution in [2.75, 3.05) is 5.32 Å². The third-order valence-electron chi connectivity index (χ3n) is 5.78. The molecule has 2 aliphatic rings. The Balaban J connectivity index is 1.65. The summed E-state index contributed by atoms with van der Waals surface area (Å²) in [7, 11) is 0. The van der Waals surface area contributed by atoms with Gasteiger partial charge in [0, 0.05) is 16.5 Å². The molecule has 2 aromatic rings. The van der Waals surface area contributed by atoms with E-state index in [9.17, 15) is 20.0 Å². The fraction of sp³-hybridized carbons (Fsp3) is 0.450. The molecular formula is C20H22N3O4S-. The number of fused-ring (bicyclic) bond motifs is 3. The van der Waals surface area contributed by atoms with Gasteiger partial charge in [0.2, 0.25) is 0 Å². The first-order chi connectivity index (χ1) is 13.1. The lowest BCUT2D eigenvalue weighted by molar-refractivity contribution is -0.398. The number of rotatable bonds is 2. The molecular weight excluding hydrogens is 378 g/mol. The first-order valence-electron chi connectivity index (χ1n) is 9.32. The van der Waals surface area contributed by atoms with Crippen LogP contribution in [-0.4, -0.2) is 10.8 Å². The van der Waals surface area contributed by atoms with Crippen LogP contribution in [0.2, 0.25) is 0 Å². The zero-order valence-corrected chi connectivity index (χ0v) is 16.8. The van der Waals surface area contributed by atoms with Crippen LogP contribution in [0.5, 0.6) is 5.75 Å². The molecule has 2 N–H and O–H groups in total. The summed E-state index contributed by atoms with van der Waals surface area (Å²) in [6.45, 7) is 6.76. The lowest BCUT2D eigenvalue weighted by Gasteiger charge is -2.34. The first kappa shape index (κ1) is 18.7. The first-order valence-corrected chi connectivity index (χ1v) is 10.1. The molecule has 1 amide bonds. The van der Waals surface area contributed by atoms with Crippen molar-refractivity contribution in [2.45, 2.75) is 46.2 Å². The maximum Gasteiger partial charge on any atom is 0.262 e. The highest BCUT2D eigenvalue weighted by molar-refractivity contribution is 7.16. The van der Waals surface area contributed by atoms with E-state index in [-0.39, 0.29) is 11.3 Å². The van der Waals surface area contributed by atoms with Crippen LogP contribution >= 0.6 is 11.3 Å². The van der Waals surface area contributed by atoms with E-state index in [1.165, 1.54) is 23.1 Å². The van der Waals surface area contributed by atoms with Crippen LogP contribution in [-0.2, 0) is 12.8 Å². The van der Waals surface area contributed by atoms with Crippen molar-refractivity contribution in [3.8, 4) is 5.75 Å². The molecule has 0 unspecified atom stereocenters. The molecule has 1 aromatic heterocycles. The van der Waals surface area contributed by atoms with Crippen LogP contribution < -0.4 is 15.7 Å². The lowest BCUT2D eigenvalue weighted by atomic mass is 9.72. The van der Waals surface area contributed by atoms with Gasteiger partial charge in [0.1, 0.15) is 11.2 Å². The average molecular weight is 400 g/mol. The molecule has 7 nitrogen and oxygen atoms in total. The molecule has 1 aliphatic carbocycles. The molecule has 8 heteroatoms. The minimum absolute atomic E-state index is 0.167. The molecule has 0 bridgehead atoms. The van der Waals surface area contributed by atoms with Crippen LogP contribution in [0.3, 0.4) is 0 Å². The molecule has 1 aromatic carbocycles. The maximum absolute atomic E-state index is 12.8. The topological polar surface area (TPSA) is 107 Å². The van der Waals surface area contributed by atoms with Crippen LogP contribution in [0.15, 0.2) is 18.2 Å². The van der Waals surface area contributed by atoms with E-state index in [4.69, 9.17) is 0 Å². The predicted octanol–water partition coefficient (Wildman–Crippen LogP) is 3.74. The van der Waals surface area contributed by atoms with Crippen molar-refractivity contribution in [1.29, 1.82) is 0 Å². The molecule has 0 spiro atoms. The number of hydrogen-bond donors (Lipinski definition) is 2. The Morgan fingerprint density at radius 1 is 1.25 bits per heavy atom. The quantitative estimate of drug-likeness (QED) is 0.590. The van der Waals surface area contributed by atoms with Gasteiger partial charge in [-0.25, -0.2) is 0 Å². The van der Waals surface area contributed by atoms with Gasteiger partial charge in [0.05, 0.1) is 10.5 Å². The standard InChI is InChI=1S/C20H23N3O4S/c1-20(2,3)11-5-6-12-15(9-11)28-19-16(12)18(25)21-17(22-19)10-4-7-14(24)13(8-10)23(26)27/h4,7-8,11,17,22,24H,5-6,9H2,1-3H3,(H,21,25)/p-1/t11-,17-/m0/s1. The van der Waals surface area contributed by atoms with Gasteiger partial charge in [0.15, 0.2) is 0 Å². The number of nitrogens with zero attached hydrogens (tertiary/aromatic N) is 1. The Hall–Kier alpha value is -2.61. The zero-order chi connectivity index (χ0) is 20.2. The minimum Gasteiger partial charge on any atom is -0.868 e. The van der Waals surface area contributed by atoms with Crippen molar-refractivity contribution in [2.24, 2.45) is 11.3 Å². The van der Waals surface area contributed by atoms with E-state index < -0.39 is 22.5 Å². The summed E-state index contributed by atoms with van der Waals surface area (Å²) in [6.07, 6.45) is 2.32. The highest BCUT2D eigenvalue weighted by Crippen LogP contribution is 2.46. The number of amides is 1. The average Bonchev–Trinajstić information content (AvgIpc) is 2.99. The lowest BCUT2D eigenvalue weighted by Crippen LogP contribution is -2.38. The smallest absolute Gasteiger partial charge is 0.262 e. The summed E-state index contributed by atoms with van der Waals surface area (Å²) in [6, 6.07) is 3.92. The number of carbonyl (C=O) groups is 1. The van der Waals surface area contributed by atoms with Crippen LogP contribution in [0.4, 0.5) is 10.7 Å². The SMILES string of the molecule is CC(C)(C)[C@H]1CCc2c(sc3c2C(=O)N[C@H](c2ccc([O-])c([N+](=O)[O-])c2)N3)C1. The second-order valence-electron chi connectivity index (χ2n) is 8.55. The van der Waals surface area contributed by atoms with Crippen molar-refractivity contribution in [1.82, 2.24) is 5.32 Å².